The molecule has 0 heterocycles. The summed E-state index contributed by atoms with van der Waals surface area (Å²) in [5, 5.41) is 9.71. The molecule has 0 fully saturated rings. The van der Waals surface area contributed by atoms with Gasteiger partial charge in [0.15, 0.2) is 0 Å². The number of nitrogens with two attached hydrogens (primary N) is 1. The summed E-state index contributed by atoms with van der Waals surface area (Å²) in [6.07, 6.45) is 2.14. The number of primary amides is 1. The molecule has 0 aromatic carbocycles. The molecule has 0 aliphatic carbocycles. The fraction of sp³-hybridized carbons (Fsp3) is 0.800. The van der Waals surface area contributed by atoms with Crippen molar-refractivity contribution in [3.63, 3.8) is 0 Å². The van der Waals surface area contributed by atoms with Crippen LogP contribution in [-0.2, 0) is 9.59 Å². The van der Waals surface area contributed by atoms with E-state index in [1.807, 2.05) is 13.8 Å². The fourth-order valence-corrected chi connectivity index (χ4v) is 4.22. The number of aliphatic carboxylic acids is 1. The van der Waals surface area contributed by atoms with Gasteiger partial charge < -0.3 is 0 Å². The van der Waals surface area contributed by atoms with Crippen molar-refractivity contribution in [1.82, 2.24) is 0 Å². The van der Waals surface area contributed by atoms with Crippen molar-refractivity contribution >= 4 is 27.6 Å². The summed E-state index contributed by atoms with van der Waals surface area (Å²) in [4.78, 5) is 21.7. The number of carboxylic acids is 1. The van der Waals surface area contributed by atoms with Crippen LogP contribution in [0.15, 0.2) is 0 Å². The summed E-state index contributed by atoms with van der Waals surface area (Å²) in [6, 6.07) is 0. The Hall–Kier alpha value is -0.502. The van der Waals surface area contributed by atoms with Crippen LogP contribution < -0.4 is 5.73 Å². The van der Waals surface area contributed by atoms with Crippen LogP contribution in [0.25, 0.3) is 0 Å². The van der Waals surface area contributed by atoms with Crippen LogP contribution in [0, 0.1) is 5.92 Å². The number of carboxylic acid groups (broad SMARTS) is 1. The van der Waals surface area contributed by atoms with E-state index in [2.05, 4.69) is 0 Å². The van der Waals surface area contributed by atoms with Gasteiger partial charge in [-0.3, -0.25) is 0 Å². The van der Waals surface area contributed by atoms with Crippen molar-refractivity contribution in [3.8, 4) is 0 Å². The number of carbonyl (C=O) groups is 2. The van der Waals surface area contributed by atoms with Crippen molar-refractivity contribution in [1.29, 1.82) is 0 Å². The standard InChI is InChI=1S/C10H20AsNO3/c1-3-7(10(14)15)5-6-11-8(4-2)9(12)13/h7-8,11H,3-6H2,1-2H3,(H2,12,13)(H,14,15). The van der Waals surface area contributed by atoms with Gasteiger partial charge in [0.05, 0.1) is 0 Å². The quantitative estimate of drug-likeness (QED) is 0.650. The van der Waals surface area contributed by atoms with Crippen LogP contribution in [0.3, 0.4) is 0 Å². The van der Waals surface area contributed by atoms with Crippen LogP contribution in [0.4, 0.5) is 0 Å². The van der Waals surface area contributed by atoms with Gasteiger partial charge in [-0.05, 0) is 0 Å². The molecule has 4 nitrogen and oxygen atoms in total. The third-order valence-corrected chi connectivity index (χ3v) is 6.18. The van der Waals surface area contributed by atoms with Gasteiger partial charge in [0.25, 0.3) is 0 Å². The molecular weight excluding hydrogens is 257 g/mol. The van der Waals surface area contributed by atoms with Crippen LogP contribution in [-0.4, -0.2) is 32.7 Å². The molecule has 3 atom stereocenters. The van der Waals surface area contributed by atoms with E-state index >= 15 is 0 Å². The topological polar surface area (TPSA) is 80.4 Å². The molecule has 3 N–H and O–H groups in total. The molecule has 0 aromatic rings. The first-order chi connectivity index (χ1) is 7.02. The second-order valence-electron chi connectivity index (χ2n) is 3.55. The summed E-state index contributed by atoms with van der Waals surface area (Å²) >= 11 is -0.419. The van der Waals surface area contributed by atoms with E-state index in [0.29, 0.717) is 12.8 Å². The number of amides is 1. The second kappa shape index (κ2) is 7.75. The Kier molecular flexibility index (Phi) is 7.49. The average molecular weight is 277 g/mol. The zero-order valence-electron chi connectivity index (χ0n) is 9.32. The molecule has 15 heavy (non-hydrogen) atoms. The molecule has 0 saturated carbocycles. The van der Waals surface area contributed by atoms with E-state index in [9.17, 15) is 9.59 Å². The minimum absolute atomic E-state index is 0.0244. The summed E-state index contributed by atoms with van der Waals surface area (Å²) in [6.45, 7) is 3.83. The monoisotopic (exact) mass is 277 g/mol. The van der Waals surface area contributed by atoms with Gasteiger partial charge in [0.2, 0.25) is 0 Å². The Morgan fingerprint density at radius 2 is 1.93 bits per heavy atom. The van der Waals surface area contributed by atoms with Gasteiger partial charge in [-0.15, -0.1) is 0 Å². The van der Waals surface area contributed by atoms with Crippen molar-refractivity contribution in [2.24, 2.45) is 11.7 Å². The summed E-state index contributed by atoms with van der Waals surface area (Å²) in [5.41, 5.74) is 5.23. The second-order valence-corrected chi connectivity index (χ2v) is 6.92. The third-order valence-electron chi connectivity index (χ3n) is 2.48. The number of hydrogen-bond acceptors (Lipinski definition) is 2. The third kappa shape index (κ3) is 5.83. The molecule has 0 rings (SSSR count). The van der Waals surface area contributed by atoms with E-state index in [1.54, 1.807) is 0 Å². The van der Waals surface area contributed by atoms with Crippen LogP contribution >= 0.6 is 0 Å². The first kappa shape index (κ1) is 14.5. The zero-order valence-corrected chi connectivity index (χ0v) is 11.4. The van der Waals surface area contributed by atoms with Crippen LogP contribution in [0.2, 0.25) is 9.91 Å². The van der Waals surface area contributed by atoms with E-state index in [-0.39, 0.29) is 16.5 Å². The number of hydrogen-bond donors (Lipinski definition) is 2. The van der Waals surface area contributed by atoms with Crippen molar-refractivity contribution in [2.75, 3.05) is 0 Å². The first-order valence-electron chi connectivity index (χ1n) is 5.28. The predicted octanol–water partition coefficient (Wildman–Crippen LogP) is 1.03. The molecule has 0 aromatic heterocycles. The molecule has 0 radical (unpaired) electrons. The van der Waals surface area contributed by atoms with Gasteiger partial charge in [0, 0.05) is 0 Å². The van der Waals surface area contributed by atoms with Crippen molar-refractivity contribution in [2.45, 2.75) is 43.0 Å². The molecule has 5 heteroatoms. The molecule has 88 valence electrons. The molecule has 1 amide bonds. The normalized spacial score (nSPS) is 15.3. The Morgan fingerprint density at radius 1 is 1.33 bits per heavy atom. The molecule has 3 unspecified atom stereocenters. The Labute approximate surface area is 97.3 Å². The van der Waals surface area contributed by atoms with Crippen molar-refractivity contribution in [3.05, 3.63) is 0 Å². The Balaban J connectivity index is 3.85. The van der Waals surface area contributed by atoms with Crippen molar-refractivity contribution < 1.29 is 14.7 Å². The van der Waals surface area contributed by atoms with E-state index in [1.165, 1.54) is 0 Å². The molecule has 0 saturated heterocycles. The Morgan fingerprint density at radius 3 is 2.27 bits per heavy atom. The molecule has 0 aliphatic heterocycles. The Bertz CT molecular complexity index is 199. The molecular formula is C10H20AsNO3. The van der Waals surface area contributed by atoms with Gasteiger partial charge >= 0.3 is 97.0 Å². The summed E-state index contributed by atoms with van der Waals surface area (Å²) in [5.74, 6) is -1.20. The van der Waals surface area contributed by atoms with Crippen LogP contribution in [0.1, 0.15) is 33.1 Å². The maximum atomic E-state index is 10.9. The molecule has 0 spiro atoms. The van der Waals surface area contributed by atoms with Crippen LogP contribution in [0.5, 0.6) is 0 Å². The number of rotatable bonds is 8. The maximum absolute atomic E-state index is 10.9. The SMILES string of the molecule is CCC(CC[AsH]C(CC)C(N)=O)C(=O)O. The minimum atomic E-state index is -0.726. The first-order valence-corrected chi connectivity index (χ1v) is 7.97. The van der Waals surface area contributed by atoms with E-state index < -0.39 is 21.7 Å². The summed E-state index contributed by atoms with van der Waals surface area (Å²) < 4.78 is 0.0244. The average Bonchev–Trinajstić information content (AvgIpc) is 2.17. The summed E-state index contributed by atoms with van der Waals surface area (Å²) in [7, 11) is 0. The zero-order chi connectivity index (χ0) is 11.8. The van der Waals surface area contributed by atoms with E-state index in [4.69, 9.17) is 10.8 Å². The van der Waals surface area contributed by atoms with Gasteiger partial charge in [-0.2, -0.15) is 0 Å². The van der Waals surface area contributed by atoms with E-state index in [0.717, 1.165) is 11.6 Å². The van der Waals surface area contributed by atoms with Gasteiger partial charge in [-0.1, -0.05) is 0 Å². The van der Waals surface area contributed by atoms with Gasteiger partial charge in [0.1, 0.15) is 0 Å². The van der Waals surface area contributed by atoms with Gasteiger partial charge in [-0.25, -0.2) is 0 Å². The number of carbonyl (C=O) groups excluding carboxylic acids is 1. The molecule has 0 aliphatic rings. The fourth-order valence-electron chi connectivity index (χ4n) is 1.38. The predicted molar refractivity (Wildman–Crippen MR) is 61.2 cm³/mol. The molecule has 0 bridgehead atoms.